The van der Waals surface area contributed by atoms with Gasteiger partial charge in [-0.15, -0.1) is 0 Å². The molecule has 0 aliphatic carbocycles. The molecule has 0 aliphatic heterocycles. The van der Waals surface area contributed by atoms with Crippen molar-refractivity contribution in [3.05, 3.63) is 143 Å². The molecule has 340 valence electrons. The predicted molar refractivity (Wildman–Crippen MR) is 235 cm³/mol. The topological polar surface area (TPSA) is 328 Å². The van der Waals surface area contributed by atoms with Gasteiger partial charge in [-0.3, -0.25) is 0 Å². The van der Waals surface area contributed by atoms with Crippen LogP contribution in [0.3, 0.4) is 0 Å². The van der Waals surface area contributed by atoms with E-state index in [1.807, 2.05) is 0 Å². The summed E-state index contributed by atoms with van der Waals surface area (Å²) in [6.07, 6.45) is 2.30. The van der Waals surface area contributed by atoms with Gasteiger partial charge in [-0.25, -0.2) is 33.7 Å². The summed E-state index contributed by atoms with van der Waals surface area (Å²) < 4.78 is 141. The number of azo groups is 4. The van der Waals surface area contributed by atoms with Gasteiger partial charge in [0.15, 0.2) is 0 Å². The van der Waals surface area contributed by atoms with Crippen LogP contribution in [0.25, 0.3) is 12.2 Å². The van der Waals surface area contributed by atoms with E-state index in [4.69, 9.17) is 0 Å². The van der Waals surface area contributed by atoms with E-state index < -0.39 is 60.1 Å². The molecule has 28 heteroatoms. The van der Waals surface area contributed by atoms with Crippen molar-refractivity contribution in [2.75, 3.05) is 0 Å². The number of hydrogen-bond acceptors (Lipinski definition) is 20. The summed E-state index contributed by atoms with van der Waals surface area (Å²) in [5.41, 5.74) is 4.29. The van der Waals surface area contributed by atoms with Crippen molar-refractivity contribution in [3.8, 4) is 0 Å². The maximum Gasteiger partial charge on any atom is 1.00 e. The third kappa shape index (κ3) is 17.4. The maximum atomic E-state index is 12.4. The van der Waals surface area contributed by atoms with Gasteiger partial charge in [0.25, 0.3) is 0 Å². The van der Waals surface area contributed by atoms with Crippen LogP contribution in [0.5, 0.6) is 0 Å². The van der Waals surface area contributed by atoms with Crippen molar-refractivity contribution < 1.29 is 170 Å². The largest absolute Gasteiger partial charge is 1.00 e. The molecule has 0 radical (unpaired) electrons. The average molecular weight is 1060 g/mol. The number of hydrogen-bond donors (Lipinski definition) is 0. The van der Waals surface area contributed by atoms with Crippen molar-refractivity contribution in [1.29, 1.82) is 0 Å². The Labute approximate surface area is 492 Å². The van der Waals surface area contributed by atoms with Crippen LogP contribution in [0.15, 0.2) is 170 Å². The van der Waals surface area contributed by atoms with E-state index >= 15 is 0 Å². The first-order chi connectivity index (χ1) is 30.8. The van der Waals surface area contributed by atoms with E-state index in [0.717, 1.165) is 48.6 Å². The van der Waals surface area contributed by atoms with Crippen LogP contribution < -0.4 is 118 Å². The van der Waals surface area contributed by atoms with Crippen LogP contribution in [0.4, 0.5) is 45.5 Å². The Morgan fingerprint density at radius 1 is 0.329 bits per heavy atom. The first kappa shape index (κ1) is 63.2. The third-order valence-corrected chi connectivity index (χ3v) is 12.8. The minimum Gasteiger partial charge on any atom is -0.744 e. The molecule has 0 spiro atoms. The summed E-state index contributed by atoms with van der Waals surface area (Å²) in [6.45, 7) is 6.84. The molecule has 0 heterocycles. The summed E-state index contributed by atoms with van der Waals surface area (Å²) in [6, 6.07) is 23.5. The van der Waals surface area contributed by atoms with E-state index in [-0.39, 0.29) is 141 Å². The third-order valence-electron chi connectivity index (χ3n) is 9.35. The monoisotopic (exact) mass is 1060 g/mol. The van der Waals surface area contributed by atoms with Crippen molar-refractivity contribution in [2.45, 2.75) is 47.3 Å². The standard InChI is InChI=1S/C42H36N8O12S4.4Na/c1-25-21-39(27(3)19-37(25)47-43-31-11-15-35(16-12-31)63(51,52)53)49-45-33-9-7-29(41(23-33)65(57,58)59)5-6-30-8-10-34(24-42(30)66(60,61)62)46-50-40-22-26(2)38(20-28(40)4)48-44-32-13-17-36(18-14-32)64(54,55)56;;;;/h5-24H,1-4H3,(H,51,52,53)(H,54,55,56)(H,57,58,59)(H,60,61,62);;;;/q;4*+1/p-4/b6-5+,47-43?,48-44?,49-45?,50-46?;;;;. The summed E-state index contributed by atoms with van der Waals surface area (Å²) in [5, 5.41) is 33.1. The van der Waals surface area contributed by atoms with Crippen LogP contribution in [-0.4, -0.2) is 51.9 Å². The first-order valence-electron chi connectivity index (χ1n) is 18.7. The molecule has 6 rings (SSSR count). The number of aryl methyl sites for hydroxylation is 4. The van der Waals surface area contributed by atoms with Crippen LogP contribution >= 0.6 is 0 Å². The molecular weight excluding hydrogens is 1030 g/mol. The summed E-state index contributed by atoms with van der Waals surface area (Å²) in [5.74, 6) is 0. The minimum absolute atomic E-state index is 0. The van der Waals surface area contributed by atoms with E-state index in [1.54, 1.807) is 52.0 Å². The summed E-state index contributed by atoms with van der Waals surface area (Å²) in [7, 11) is -19.5. The molecule has 0 bridgehead atoms. The zero-order valence-electron chi connectivity index (χ0n) is 38.7. The molecule has 0 aliphatic rings. The van der Waals surface area contributed by atoms with Gasteiger partial charge >= 0.3 is 118 Å². The molecule has 0 fully saturated rings. The average Bonchev–Trinajstić information content (AvgIpc) is 3.24. The van der Waals surface area contributed by atoms with Crippen LogP contribution in [0, 0.1) is 27.7 Å². The van der Waals surface area contributed by atoms with Crippen LogP contribution in [-0.2, 0) is 40.5 Å². The first-order valence-corrected chi connectivity index (χ1v) is 24.4. The van der Waals surface area contributed by atoms with E-state index in [1.165, 1.54) is 48.5 Å². The van der Waals surface area contributed by atoms with Gasteiger partial charge in [0.05, 0.1) is 65.1 Å². The molecule has 0 saturated carbocycles. The fourth-order valence-electron chi connectivity index (χ4n) is 5.87. The Balaban J connectivity index is 0.00000420. The fraction of sp³-hybridized carbons (Fsp3) is 0.0952. The molecule has 0 aromatic heterocycles. The maximum absolute atomic E-state index is 12.4. The number of benzene rings is 6. The van der Waals surface area contributed by atoms with E-state index in [2.05, 4.69) is 40.9 Å². The van der Waals surface area contributed by atoms with Gasteiger partial charge in [0, 0.05) is 0 Å². The molecule has 6 aromatic carbocycles. The molecular formula is C42H32N8Na4O12S4. The second-order valence-electron chi connectivity index (χ2n) is 14.2. The molecule has 0 atom stereocenters. The van der Waals surface area contributed by atoms with Crippen LogP contribution in [0.2, 0.25) is 0 Å². The summed E-state index contributed by atoms with van der Waals surface area (Å²) >= 11 is 0. The quantitative estimate of drug-likeness (QED) is 0.0515. The van der Waals surface area contributed by atoms with Crippen LogP contribution in [0.1, 0.15) is 33.4 Å². The van der Waals surface area contributed by atoms with Crippen molar-refractivity contribution in [2.24, 2.45) is 40.9 Å². The zero-order valence-corrected chi connectivity index (χ0v) is 49.9. The molecule has 20 nitrogen and oxygen atoms in total. The van der Waals surface area contributed by atoms with Gasteiger partial charge in [-0.1, -0.05) is 24.3 Å². The van der Waals surface area contributed by atoms with Gasteiger partial charge < -0.3 is 18.2 Å². The molecule has 0 unspecified atom stereocenters. The Morgan fingerprint density at radius 2 is 0.571 bits per heavy atom. The van der Waals surface area contributed by atoms with E-state index in [0.29, 0.717) is 56.4 Å². The van der Waals surface area contributed by atoms with Crippen molar-refractivity contribution in [3.63, 3.8) is 0 Å². The van der Waals surface area contributed by atoms with Gasteiger partial charge in [-0.05, 0) is 158 Å². The SMILES string of the molecule is Cc1cc(N=Nc2ccc(/C=C/c3ccc(N=Nc4cc(C)c(N=Nc5ccc(S(=O)(=O)[O-])cc5)cc4C)cc3S(=O)(=O)[O-])c(S(=O)(=O)[O-])c2)c(C)cc1N=Nc1ccc(S(=O)(=O)[O-])cc1.[Na+].[Na+].[Na+].[Na+]. The second kappa shape index (κ2) is 26.4. The van der Waals surface area contributed by atoms with Gasteiger partial charge in [-0.2, -0.15) is 40.9 Å². The smallest absolute Gasteiger partial charge is 0.744 e. The molecule has 70 heavy (non-hydrogen) atoms. The second-order valence-corrected chi connectivity index (χ2v) is 19.7. The van der Waals surface area contributed by atoms with Crippen molar-refractivity contribution >= 4 is 98.1 Å². The van der Waals surface area contributed by atoms with Crippen molar-refractivity contribution in [1.82, 2.24) is 0 Å². The summed E-state index contributed by atoms with van der Waals surface area (Å²) in [4.78, 5) is -2.23. The number of rotatable bonds is 14. The normalized spacial score (nSPS) is 12.3. The Kier molecular flexibility index (Phi) is 23.8. The van der Waals surface area contributed by atoms with Gasteiger partial charge in [0.1, 0.15) is 40.5 Å². The fourth-order valence-corrected chi connectivity index (χ4v) is 8.18. The van der Waals surface area contributed by atoms with Gasteiger partial charge in [0.2, 0.25) is 0 Å². The van der Waals surface area contributed by atoms with E-state index in [9.17, 15) is 51.9 Å². The predicted octanol–water partition coefficient (Wildman–Crippen LogP) is -1.62. The zero-order chi connectivity index (χ0) is 48.2. The Hall–Kier alpha value is -2.90. The Bertz CT molecular complexity index is 3300. The molecule has 0 N–H and O–H groups in total. The minimum atomic E-state index is -5.13. The molecule has 0 saturated heterocycles. The molecule has 0 amide bonds. The Morgan fingerprint density at radius 3 is 0.814 bits per heavy atom. The molecule has 6 aromatic rings. The number of nitrogens with zero attached hydrogens (tertiary/aromatic N) is 8.